The predicted molar refractivity (Wildman–Crippen MR) is 115 cm³/mol. The summed E-state index contributed by atoms with van der Waals surface area (Å²) in [6.07, 6.45) is -0.0749. The Labute approximate surface area is 181 Å². The second-order valence-electron chi connectivity index (χ2n) is 6.82. The maximum absolute atomic E-state index is 12.7. The number of hydrogen-bond acceptors (Lipinski definition) is 5. The van der Waals surface area contributed by atoms with Gasteiger partial charge in [-0.05, 0) is 31.5 Å². The maximum Gasteiger partial charge on any atom is 0.325 e. The van der Waals surface area contributed by atoms with Crippen LogP contribution in [-0.2, 0) is 19.1 Å². The van der Waals surface area contributed by atoms with Crippen molar-refractivity contribution in [3.05, 3.63) is 71.8 Å². The highest BCUT2D eigenvalue weighted by molar-refractivity contribution is 5.97. The number of carbonyl (C=O) groups is 4. The van der Waals surface area contributed by atoms with Gasteiger partial charge in [-0.1, -0.05) is 48.5 Å². The summed E-state index contributed by atoms with van der Waals surface area (Å²) in [4.78, 5) is 48.7. The molecule has 0 bridgehead atoms. The lowest BCUT2D eigenvalue weighted by atomic mass is 10.0. The normalized spacial score (nSPS) is 12.2. The highest BCUT2D eigenvalue weighted by Gasteiger charge is 2.23. The monoisotopic (exact) mass is 425 g/mol. The zero-order chi connectivity index (χ0) is 22.6. The Bertz CT molecular complexity index is 887. The minimum absolute atomic E-state index is 0.0749. The van der Waals surface area contributed by atoms with Crippen molar-refractivity contribution in [1.82, 2.24) is 16.0 Å². The minimum Gasteiger partial charge on any atom is -0.465 e. The minimum atomic E-state index is -0.818. The zero-order valence-corrected chi connectivity index (χ0v) is 17.6. The highest BCUT2D eigenvalue weighted by Crippen LogP contribution is 2.16. The quantitative estimate of drug-likeness (QED) is 0.502. The van der Waals surface area contributed by atoms with Crippen LogP contribution in [0.5, 0.6) is 0 Å². The van der Waals surface area contributed by atoms with E-state index in [0.717, 1.165) is 5.56 Å². The average molecular weight is 425 g/mol. The van der Waals surface area contributed by atoms with E-state index in [-0.39, 0.29) is 25.5 Å². The Morgan fingerprint density at radius 2 is 1.52 bits per heavy atom. The fourth-order valence-electron chi connectivity index (χ4n) is 2.81. The molecular weight excluding hydrogens is 398 g/mol. The van der Waals surface area contributed by atoms with Crippen LogP contribution in [0.2, 0.25) is 0 Å². The van der Waals surface area contributed by atoms with Crippen LogP contribution >= 0.6 is 0 Å². The van der Waals surface area contributed by atoms with Crippen molar-refractivity contribution >= 4 is 23.7 Å². The number of amides is 3. The molecule has 0 unspecified atom stereocenters. The van der Waals surface area contributed by atoms with Gasteiger partial charge in [-0.25, -0.2) is 0 Å². The third-order valence-corrected chi connectivity index (χ3v) is 4.42. The maximum atomic E-state index is 12.7. The van der Waals surface area contributed by atoms with E-state index in [2.05, 4.69) is 16.0 Å². The molecule has 8 nitrogen and oxygen atoms in total. The van der Waals surface area contributed by atoms with Crippen molar-refractivity contribution in [2.24, 2.45) is 0 Å². The smallest absolute Gasteiger partial charge is 0.325 e. The lowest BCUT2D eigenvalue weighted by Crippen LogP contribution is -2.46. The van der Waals surface area contributed by atoms with E-state index >= 15 is 0 Å². The highest BCUT2D eigenvalue weighted by atomic mass is 16.5. The molecule has 31 heavy (non-hydrogen) atoms. The van der Waals surface area contributed by atoms with Crippen LogP contribution in [0.4, 0.5) is 0 Å². The topological polar surface area (TPSA) is 114 Å². The van der Waals surface area contributed by atoms with Crippen molar-refractivity contribution < 1.29 is 23.9 Å². The van der Waals surface area contributed by atoms with Crippen molar-refractivity contribution in [3.63, 3.8) is 0 Å². The summed E-state index contributed by atoms with van der Waals surface area (Å²) in [5, 5.41) is 7.94. The molecule has 2 atom stereocenters. The molecule has 3 amide bonds. The SMILES string of the molecule is CCOC(=O)CNC(=O)C[C@H](NC(=O)[C@H](C)NC(=O)c1ccccc1)c1ccccc1. The molecule has 2 aromatic carbocycles. The van der Waals surface area contributed by atoms with E-state index in [1.165, 1.54) is 0 Å². The molecule has 0 aliphatic heterocycles. The van der Waals surface area contributed by atoms with Gasteiger partial charge in [-0.3, -0.25) is 19.2 Å². The Hall–Kier alpha value is -3.68. The molecule has 0 saturated heterocycles. The standard InChI is InChI=1S/C23H27N3O5/c1-3-31-21(28)15-24-20(27)14-19(17-10-6-4-7-11-17)26-22(29)16(2)25-23(30)18-12-8-5-9-13-18/h4-13,16,19H,3,14-15H2,1-2H3,(H,24,27)(H,25,30)(H,26,29)/t16-,19-/m0/s1. The van der Waals surface area contributed by atoms with Gasteiger partial charge in [0.05, 0.1) is 19.1 Å². The van der Waals surface area contributed by atoms with Gasteiger partial charge < -0.3 is 20.7 Å². The molecule has 0 radical (unpaired) electrons. The molecule has 0 aliphatic carbocycles. The van der Waals surface area contributed by atoms with Crippen LogP contribution < -0.4 is 16.0 Å². The van der Waals surface area contributed by atoms with E-state index in [4.69, 9.17) is 4.74 Å². The van der Waals surface area contributed by atoms with Gasteiger partial charge in [0.25, 0.3) is 5.91 Å². The van der Waals surface area contributed by atoms with Crippen LogP contribution in [0.3, 0.4) is 0 Å². The second kappa shape index (κ2) is 12.1. The first-order chi connectivity index (χ1) is 14.9. The molecule has 0 fully saturated rings. The molecule has 3 N–H and O–H groups in total. The van der Waals surface area contributed by atoms with Gasteiger partial charge in [-0.2, -0.15) is 0 Å². The van der Waals surface area contributed by atoms with Crippen LogP contribution in [0.25, 0.3) is 0 Å². The number of carbonyl (C=O) groups excluding carboxylic acids is 4. The summed E-state index contributed by atoms with van der Waals surface area (Å²) in [5.41, 5.74) is 1.17. The molecule has 164 valence electrons. The first kappa shape index (κ1) is 23.6. The van der Waals surface area contributed by atoms with Gasteiger partial charge in [-0.15, -0.1) is 0 Å². The van der Waals surface area contributed by atoms with Crippen molar-refractivity contribution in [2.75, 3.05) is 13.2 Å². The Morgan fingerprint density at radius 1 is 0.903 bits per heavy atom. The number of ether oxygens (including phenoxy) is 1. The van der Waals surface area contributed by atoms with Gasteiger partial charge >= 0.3 is 5.97 Å². The number of esters is 1. The van der Waals surface area contributed by atoms with E-state index in [0.29, 0.717) is 5.56 Å². The lowest BCUT2D eigenvalue weighted by molar-refractivity contribution is -0.143. The van der Waals surface area contributed by atoms with Crippen LogP contribution in [-0.4, -0.2) is 42.9 Å². The summed E-state index contributed by atoms with van der Waals surface area (Å²) in [6, 6.07) is 16.1. The molecule has 0 heterocycles. The van der Waals surface area contributed by atoms with Crippen molar-refractivity contribution in [3.8, 4) is 0 Å². The predicted octanol–water partition coefficient (Wildman–Crippen LogP) is 1.73. The van der Waals surface area contributed by atoms with Crippen LogP contribution in [0.1, 0.15) is 42.2 Å². The van der Waals surface area contributed by atoms with E-state index in [1.54, 1.807) is 68.4 Å². The van der Waals surface area contributed by atoms with Gasteiger partial charge in [0.2, 0.25) is 11.8 Å². The number of hydrogen-bond donors (Lipinski definition) is 3. The fraction of sp³-hybridized carbons (Fsp3) is 0.304. The molecular formula is C23H27N3O5. The Balaban J connectivity index is 2.00. The van der Waals surface area contributed by atoms with E-state index in [9.17, 15) is 19.2 Å². The summed E-state index contributed by atoms with van der Waals surface area (Å²) in [7, 11) is 0. The fourth-order valence-corrected chi connectivity index (χ4v) is 2.81. The van der Waals surface area contributed by atoms with Crippen molar-refractivity contribution in [1.29, 1.82) is 0 Å². The summed E-state index contributed by atoms with van der Waals surface area (Å²) in [6.45, 7) is 3.23. The van der Waals surface area contributed by atoms with Crippen LogP contribution in [0, 0.1) is 0 Å². The molecule has 2 rings (SSSR count). The molecule has 0 aromatic heterocycles. The molecule has 0 spiro atoms. The third-order valence-electron chi connectivity index (χ3n) is 4.42. The van der Waals surface area contributed by atoms with Gasteiger partial charge in [0.15, 0.2) is 0 Å². The lowest BCUT2D eigenvalue weighted by Gasteiger charge is -2.22. The summed E-state index contributed by atoms with van der Waals surface area (Å²) >= 11 is 0. The number of nitrogens with one attached hydrogen (secondary N) is 3. The zero-order valence-electron chi connectivity index (χ0n) is 17.6. The largest absolute Gasteiger partial charge is 0.465 e. The summed E-state index contributed by atoms with van der Waals surface area (Å²) < 4.78 is 4.79. The first-order valence-electron chi connectivity index (χ1n) is 10.0. The van der Waals surface area contributed by atoms with Crippen LogP contribution in [0.15, 0.2) is 60.7 Å². The first-order valence-corrected chi connectivity index (χ1v) is 10.0. The van der Waals surface area contributed by atoms with Gasteiger partial charge in [0.1, 0.15) is 12.6 Å². The Kier molecular flexibility index (Phi) is 9.22. The average Bonchev–Trinajstić information content (AvgIpc) is 2.78. The third kappa shape index (κ3) is 7.93. The van der Waals surface area contributed by atoms with Crippen molar-refractivity contribution in [2.45, 2.75) is 32.4 Å². The molecule has 0 saturated carbocycles. The van der Waals surface area contributed by atoms with E-state index < -0.39 is 29.9 Å². The Morgan fingerprint density at radius 3 is 2.13 bits per heavy atom. The van der Waals surface area contributed by atoms with Gasteiger partial charge in [0, 0.05) is 5.56 Å². The number of benzene rings is 2. The molecule has 0 aliphatic rings. The van der Waals surface area contributed by atoms with E-state index in [1.807, 2.05) is 6.07 Å². The molecule has 2 aromatic rings. The second-order valence-corrected chi connectivity index (χ2v) is 6.82. The number of rotatable bonds is 10. The summed E-state index contributed by atoms with van der Waals surface area (Å²) in [5.74, 6) is -1.75. The molecule has 8 heteroatoms.